The van der Waals surface area contributed by atoms with E-state index in [1.165, 1.54) is 0 Å². The summed E-state index contributed by atoms with van der Waals surface area (Å²) in [5.74, 6) is -0.548. The first-order chi connectivity index (χ1) is 9.69. The maximum atomic E-state index is 12.1. The van der Waals surface area contributed by atoms with Crippen molar-refractivity contribution in [3.05, 3.63) is 60.3 Å². The highest BCUT2D eigenvalue weighted by Gasteiger charge is 2.18. The summed E-state index contributed by atoms with van der Waals surface area (Å²) >= 11 is 0. The van der Waals surface area contributed by atoms with Gasteiger partial charge in [-0.25, -0.2) is 0 Å². The molecule has 1 atom stereocenters. The number of rotatable bonds is 7. The second kappa shape index (κ2) is 8.82. The molecule has 4 nitrogen and oxygen atoms in total. The lowest BCUT2D eigenvalue weighted by molar-refractivity contribution is -0.123. The molecule has 0 bridgehead atoms. The van der Waals surface area contributed by atoms with Gasteiger partial charge >= 0.3 is 0 Å². The van der Waals surface area contributed by atoms with Gasteiger partial charge in [-0.3, -0.25) is 9.79 Å². The summed E-state index contributed by atoms with van der Waals surface area (Å²) in [5.41, 5.74) is 7.36. The normalized spacial score (nSPS) is 12.7. The fourth-order valence-electron chi connectivity index (χ4n) is 1.68. The average molecular weight is 271 g/mol. The molecule has 0 spiro atoms. The molecule has 0 aliphatic carbocycles. The Morgan fingerprint density at radius 1 is 1.45 bits per heavy atom. The van der Waals surface area contributed by atoms with Gasteiger partial charge in [0, 0.05) is 25.5 Å². The Kier molecular flexibility index (Phi) is 7.00. The lowest BCUT2D eigenvalue weighted by Gasteiger charge is -2.15. The molecule has 0 fully saturated rings. The van der Waals surface area contributed by atoms with Crippen LogP contribution in [0.1, 0.15) is 12.5 Å². The second-order valence-corrected chi connectivity index (χ2v) is 4.29. The predicted octanol–water partition coefficient (Wildman–Crippen LogP) is 2.04. The van der Waals surface area contributed by atoms with Gasteiger partial charge in [0.05, 0.1) is 5.92 Å². The standard InChI is InChI=1S/C16H21N3O/c1-3-18-10-9-13(2)15(11-17)16(20)19-12-14-7-5-4-6-8-14/h3-10,15H,2,11-12,17H2,1H3,(H,19,20)/b10-9-,18-3?/t15-/m0/s1. The first kappa shape index (κ1) is 15.9. The number of amides is 1. The van der Waals surface area contributed by atoms with Crippen LogP contribution in [0.5, 0.6) is 0 Å². The SMILES string of the molecule is C=C(/C=C\N=CC)[C@H](CN)C(=O)NCc1ccccc1. The number of nitrogens with one attached hydrogen (secondary N) is 1. The van der Waals surface area contributed by atoms with Crippen LogP contribution in [-0.4, -0.2) is 18.7 Å². The zero-order chi connectivity index (χ0) is 14.8. The van der Waals surface area contributed by atoms with Gasteiger partial charge in [0.25, 0.3) is 0 Å². The van der Waals surface area contributed by atoms with Crippen LogP contribution in [0, 0.1) is 5.92 Å². The summed E-state index contributed by atoms with van der Waals surface area (Å²) in [4.78, 5) is 16.0. The molecule has 0 aromatic heterocycles. The summed E-state index contributed by atoms with van der Waals surface area (Å²) in [6.45, 7) is 6.40. The van der Waals surface area contributed by atoms with Crippen molar-refractivity contribution in [2.75, 3.05) is 6.54 Å². The van der Waals surface area contributed by atoms with Crippen molar-refractivity contribution in [3.63, 3.8) is 0 Å². The number of nitrogens with zero attached hydrogens (tertiary/aromatic N) is 1. The quantitative estimate of drug-likeness (QED) is 0.588. The monoisotopic (exact) mass is 271 g/mol. The van der Waals surface area contributed by atoms with Gasteiger partial charge in [-0.05, 0) is 24.1 Å². The first-order valence-electron chi connectivity index (χ1n) is 6.54. The Hall–Kier alpha value is -2.20. The van der Waals surface area contributed by atoms with E-state index in [2.05, 4.69) is 16.9 Å². The van der Waals surface area contributed by atoms with Gasteiger partial charge in [0.1, 0.15) is 0 Å². The van der Waals surface area contributed by atoms with Gasteiger partial charge in [0.15, 0.2) is 0 Å². The Balaban J connectivity index is 2.56. The van der Waals surface area contributed by atoms with Gasteiger partial charge in [-0.15, -0.1) is 0 Å². The number of benzene rings is 1. The Morgan fingerprint density at radius 3 is 2.75 bits per heavy atom. The molecule has 0 unspecified atom stereocenters. The third kappa shape index (κ3) is 5.20. The van der Waals surface area contributed by atoms with Crippen molar-refractivity contribution < 1.29 is 4.79 Å². The van der Waals surface area contributed by atoms with Crippen LogP contribution in [0.2, 0.25) is 0 Å². The van der Waals surface area contributed by atoms with Crippen molar-refractivity contribution in [3.8, 4) is 0 Å². The van der Waals surface area contributed by atoms with E-state index in [0.29, 0.717) is 12.1 Å². The van der Waals surface area contributed by atoms with Crippen LogP contribution in [-0.2, 0) is 11.3 Å². The van der Waals surface area contributed by atoms with E-state index < -0.39 is 5.92 Å². The molecule has 106 valence electrons. The summed E-state index contributed by atoms with van der Waals surface area (Å²) in [7, 11) is 0. The van der Waals surface area contributed by atoms with Crippen LogP contribution < -0.4 is 11.1 Å². The third-order valence-corrected chi connectivity index (χ3v) is 2.83. The fraction of sp³-hybridized carbons (Fsp3) is 0.250. The number of carbonyl (C=O) groups excluding carboxylic acids is 1. The van der Waals surface area contributed by atoms with Crippen molar-refractivity contribution in [1.29, 1.82) is 0 Å². The van der Waals surface area contributed by atoms with E-state index in [1.54, 1.807) is 18.5 Å². The average Bonchev–Trinajstić information content (AvgIpc) is 2.47. The molecule has 0 radical (unpaired) electrons. The van der Waals surface area contributed by atoms with Crippen molar-refractivity contribution in [2.24, 2.45) is 16.6 Å². The van der Waals surface area contributed by atoms with Crippen LogP contribution in [0.15, 0.2) is 59.8 Å². The summed E-state index contributed by atoms with van der Waals surface area (Å²) in [6.07, 6.45) is 4.98. The molecule has 1 aromatic rings. The molecular weight excluding hydrogens is 250 g/mol. The second-order valence-electron chi connectivity index (χ2n) is 4.29. The molecule has 20 heavy (non-hydrogen) atoms. The zero-order valence-corrected chi connectivity index (χ0v) is 11.8. The van der Waals surface area contributed by atoms with Crippen LogP contribution in [0.3, 0.4) is 0 Å². The highest BCUT2D eigenvalue weighted by Crippen LogP contribution is 2.10. The molecule has 4 heteroatoms. The van der Waals surface area contributed by atoms with Crippen molar-refractivity contribution in [2.45, 2.75) is 13.5 Å². The number of hydrogen-bond acceptors (Lipinski definition) is 3. The van der Waals surface area contributed by atoms with Crippen molar-refractivity contribution >= 4 is 12.1 Å². The minimum atomic E-state index is -0.429. The van der Waals surface area contributed by atoms with E-state index in [1.807, 2.05) is 37.3 Å². The molecule has 1 aromatic carbocycles. The summed E-state index contributed by atoms with van der Waals surface area (Å²) in [6, 6.07) is 9.73. The van der Waals surface area contributed by atoms with E-state index in [9.17, 15) is 4.79 Å². The molecule has 0 saturated heterocycles. The molecule has 0 aliphatic rings. The fourth-order valence-corrected chi connectivity index (χ4v) is 1.68. The van der Waals surface area contributed by atoms with Crippen LogP contribution in [0.25, 0.3) is 0 Å². The molecule has 1 rings (SSSR count). The predicted molar refractivity (Wildman–Crippen MR) is 83.3 cm³/mol. The van der Waals surface area contributed by atoms with Gasteiger partial charge in [0.2, 0.25) is 5.91 Å². The minimum absolute atomic E-state index is 0.119. The van der Waals surface area contributed by atoms with Gasteiger partial charge in [-0.1, -0.05) is 36.9 Å². The summed E-state index contributed by atoms with van der Waals surface area (Å²) in [5, 5.41) is 2.87. The Labute approximate surface area is 120 Å². The topological polar surface area (TPSA) is 67.5 Å². The number of hydrogen-bond donors (Lipinski definition) is 2. The van der Waals surface area contributed by atoms with E-state index >= 15 is 0 Å². The maximum absolute atomic E-state index is 12.1. The lowest BCUT2D eigenvalue weighted by Crippen LogP contribution is -2.35. The molecule has 0 heterocycles. The first-order valence-corrected chi connectivity index (χ1v) is 6.54. The Bertz CT molecular complexity index is 492. The molecular formula is C16H21N3O. The van der Waals surface area contributed by atoms with E-state index in [4.69, 9.17) is 5.73 Å². The maximum Gasteiger partial charge on any atom is 0.229 e. The largest absolute Gasteiger partial charge is 0.351 e. The molecule has 1 amide bonds. The van der Waals surface area contributed by atoms with Crippen LogP contribution >= 0.6 is 0 Å². The van der Waals surface area contributed by atoms with E-state index in [0.717, 1.165) is 5.56 Å². The van der Waals surface area contributed by atoms with Gasteiger partial charge in [-0.2, -0.15) is 0 Å². The number of allylic oxidation sites excluding steroid dienone is 1. The van der Waals surface area contributed by atoms with Crippen LogP contribution in [0.4, 0.5) is 0 Å². The summed E-state index contributed by atoms with van der Waals surface area (Å²) < 4.78 is 0. The number of aliphatic imine (C=N–C) groups is 1. The van der Waals surface area contributed by atoms with Gasteiger partial charge < -0.3 is 11.1 Å². The molecule has 0 aliphatic heterocycles. The van der Waals surface area contributed by atoms with Crippen molar-refractivity contribution in [1.82, 2.24) is 5.32 Å². The highest BCUT2D eigenvalue weighted by atomic mass is 16.1. The van der Waals surface area contributed by atoms with E-state index in [-0.39, 0.29) is 12.5 Å². The zero-order valence-electron chi connectivity index (χ0n) is 11.8. The molecule has 0 saturated carbocycles. The third-order valence-electron chi connectivity index (χ3n) is 2.83. The lowest BCUT2D eigenvalue weighted by atomic mass is 9.99. The number of nitrogens with two attached hydrogens (primary N) is 1. The highest BCUT2D eigenvalue weighted by molar-refractivity contribution is 5.82. The Morgan fingerprint density at radius 2 is 2.15 bits per heavy atom. The minimum Gasteiger partial charge on any atom is -0.351 e. The molecule has 3 N–H and O–H groups in total. The smallest absolute Gasteiger partial charge is 0.229 e. The number of carbonyl (C=O) groups is 1.